The zero-order valence-corrected chi connectivity index (χ0v) is 15.8. The molecule has 6 heteroatoms. The van der Waals surface area contributed by atoms with Crippen molar-refractivity contribution in [1.82, 2.24) is 10.6 Å². The summed E-state index contributed by atoms with van der Waals surface area (Å²) in [6, 6.07) is 14.3. The van der Waals surface area contributed by atoms with Crippen molar-refractivity contribution in [2.75, 3.05) is 20.3 Å². The van der Waals surface area contributed by atoms with Gasteiger partial charge in [0.15, 0.2) is 0 Å². The van der Waals surface area contributed by atoms with Crippen LogP contribution in [0.4, 0.5) is 0 Å². The Labute approximate surface area is 159 Å². The van der Waals surface area contributed by atoms with Gasteiger partial charge in [0.2, 0.25) is 5.91 Å². The first kappa shape index (κ1) is 20.3. The molecule has 0 aliphatic heterocycles. The average Bonchev–Trinajstić information content (AvgIpc) is 2.71. The Morgan fingerprint density at radius 2 is 1.78 bits per heavy atom. The van der Waals surface area contributed by atoms with Gasteiger partial charge in [0, 0.05) is 12.1 Å². The summed E-state index contributed by atoms with van der Waals surface area (Å²) in [7, 11) is 1.59. The Morgan fingerprint density at radius 1 is 1.00 bits per heavy atom. The number of unbranched alkanes of at least 4 members (excludes halogenated alkanes) is 1. The predicted molar refractivity (Wildman–Crippen MR) is 104 cm³/mol. The van der Waals surface area contributed by atoms with Crippen LogP contribution in [0, 0.1) is 0 Å². The van der Waals surface area contributed by atoms with E-state index in [0.717, 1.165) is 29.9 Å². The number of ether oxygens (including phenoxy) is 2. The lowest BCUT2D eigenvalue weighted by molar-refractivity contribution is -0.120. The summed E-state index contributed by atoms with van der Waals surface area (Å²) < 4.78 is 10.7. The van der Waals surface area contributed by atoms with E-state index in [1.807, 2.05) is 24.3 Å². The van der Waals surface area contributed by atoms with Gasteiger partial charge in [-0.1, -0.05) is 25.5 Å². The van der Waals surface area contributed by atoms with E-state index in [9.17, 15) is 9.59 Å². The third-order valence-electron chi connectivity index (χ3n) is 3.92. The van der Waals surface area contributed by atoms with Gasteiger partial charge in [-0.15, -0.1) is 0 Å². The first-order chi connectivity index (χ1) is 13.1. The lowest BCUT2D eigenvalue weighted by Gasteiger charge is -2.09. The Hall–Kier alpha value is -3.02. The molecular formula is C21H26N2O4. The molecule has 2 aromatic carbocycles. The molecule has 2 amide bonds. The second-order valence-corrected chi connectivity index (χ2v) is 6.04. The summed E-state index contributed by atoms with van der Waals surface area (Å²) in [4.78, 5) is 24.1. The molecule has 0 bridgehead atoms. The lowest BCUT2D eigenvalue weighted by Crippen LogP contribution is -2.36. The molecule has 6 nitrogen and oxygen atoms in total. The van der Waals surface area contributed by atoms with Crippen LogP contribution in [0.3, 0.4) is 0 Å². The van der Waals surface area contributed by atoms with Gasteiger partial charge in [0.1, 0.15) is 11.5 Å². The molecule has 0 spiro atoms. The molecule has 2 N–H and O–H groups in total. The number of benzene rings is 2. The third kappa shape index (κ3) is 7.01. The second-order valence-electron chi connectivity index (χ2n) is 6.04. The molecule has 0 atom stereocenters. The van der Waals surface area contributed by atoms with Crippen molar-refractivity contribution in [2.24, 2.45) is 0 Å². The molecular weight excluding hydrogens is 344 g/mol. The Morgan fingerprint density at radius 3 is 2.48 bits per heavy atom. The highest BCUT2D eigenvalue weighted by Crippen LogP contribution is 2.13. The number of carbonyl (C=O) groups is 2. The number of amides is 2. The predicted octanol–water partition coefficient (Wildman–Crippen LogP) is 2.92. The standard InChI is InChI=1S/C21H26N2O4/c1-3-4-12-27-18-10-8-17(9-11-18)21(25)23-15-20(24)22-14-16-6-5-7-19(13-16)26-2/h5-11,13H,3-4,12,14-15H2,1-2H3,(H,22,24)(H,23,25). The molecule has 27 heavy (non-hydrogen) atoms. The van der Waals surface area contributed by atoms with Gasteiger partial charge in [-0.2, -0.15) is 0 Å². The van der Waals surface area contributed by atoms with E-state index in [-0.39, 0.29) is 18.4 Å². The SMILES string of the molecule is CCCCOc1ccc(C(=O)NCC(=O)NCc2cccc(OC)c2)cc1. The van der Waals surface area contributed by atoms with Crippen molar-refractivity contribution >= 4 is 11.8 Å². The first-order valence-electron chi connectivity index (χ1n) is 9.03. The molecule has 0 saturated heterocycles. The normalized spacial score (nSPS) is 10.1. The number of nitrogens with one attached hydrogen (secondary N) is 2. The minimum Gasteiger partial charge on any atom is -0.497 e. The highest BCUT2D eigenvalue weighted by Gasteiger charge is 2.08. The van der Waals surface area contributed by atoms with Crippen molar-refractivity contribution in [2.45, 2.75) is 26.3 Å². The summed E-state index contributed by atoms with van der Waals surface area (Å²) in [5.74, 6) is 0.908. The zero-order chi connectivity index (χ0) is 19.5. The lowest BCUT2D eigenvalue weighted by atomic mass is 10.2. The van der Waals surface area contributed by atoms with Gasteiger partial charge in [0.05, 0.1) is 20.3 Å². The third-order valence-corrected chi connectivity index (χ3v) is 3.92. The van der Waals surface area contributed by atoms with E-state index in [2.05, 4.69) is 17.6 Å². The number of hydrogen-bond acceptors (Lipinski definition) is 4. The van der Waals surface area contributed by atoms with E-state index in [0.29, 0.717) is 18.7 Å². The number of hydrogen-bond donors (Lipinski definition) is 2. The minimum absolute atomic E-state index is 0.0858. The monoisotopic (exact) mass is 370 g/mol. The Bertz CT molecular complexity index is 744. The van der Waals surface area contributed by atoms with Gasteiger partial charge in [-0.3, -0.25) is 9.59 Å². The average molecular weight is 370 g/mol. The first-order valence-corrected chi connectivity index (χ1v) is 9.03. The second kappa shape index (κ2) is 10.9. The maximum atomic E-state index is 12.1. The number of carbonyl (C=O) groups excluding carboxylic acids is 2. The molecule has 2 rings (SSSR count). The van der Waals surface area contributed by atoms with Crippen molar-refractivity contribution < 1.29 is 19.1 Å². The van der Waals surface area contributed by atoms with E-state index in [4.69, 9.17) is 9.47 Å². The van der Waals surface area contributed by atoms with Crippen LogP contribution in [0.1, 0.15) is 35.7 Å². The van der Waals surface area contributed by atoms with Gasteiger partial charge >= 0.3 is 0 Å². The molecule has 0 saturated carbocycles. The van der Waals surface area contributed by atoms with Gasteiger partial charge in [-0.25, -0.2) is 0 Å². The highest BCUT2D eigenvalue weighted by molar-refractivity contribution is 5.96. The topological polar surface area (TPSA) is 76.7 Å². The number of methoxy groups -OCH3 is 1. The van der Waals surface area contributed by atoms with Crippen LogP contribution in [0.2, 0.25) is 0 Å². The quantitative estimate of drug-likeness (QED) is 0.631. The molecule has 0 fully saturated rings. The van der Waals surface area contributed by atoms with Crippen molar-refractivity contribution in [3.63, 3.8) is 0 Å². The van der Waals surface area contributed by atoms with E-state index >= 15 is 0 Å². The largest absolute Gasteiger partial charge is 0.497 e. The maximum Gasteiger partial charge on any atom is 0.251 e. The summed E-state index contributed by atoms with van der Waals surface area (Å²) in [5, 5.41) is 5.38. The van der Waals surface area contributed by atoms with Crippen molar-refractivity contribution in [3.8, 4) is 11.5 Å². The van der Waals surface area contributed by atoms with E-state index < -0.39 is 0 Å². The van der Waals surface area contributed by atoms with Crippen LogP contribution in [0.15, 0.2) is 48.5 Å². The van der Waals surface area contributed by atoms with Crippen LogP contribution in [0.25, 0.3) is 0 Å². The smallest absolute Gasteiger partial charge is 0.251 e. The summed E-state index contributed by atoms with van der Waals surface area (Å²) >= 11 is 0. The van der Waals surface area contributed by atoms with Crippen LogP contribution in [-0.2, 0) is 11.3 Å². The van der Waals surface area contributed by atoms with Crippen LogP contribution >= 0.6 is 0 Å². The molecule has 0 aliphatic carbocycles. The van der Waals surface area contributed by atoms with E-state index in [1.54, 1.807) is 31.4 Å². The minimum atomic E-state index is -0.299. The van der Waals surface area contributed by atoms with Crippen LogP contribution < -0.4 is 20.1 Å². The van der Waals surface area contributed by atoms with Gasteiger partial charge in [-0.05, 0) is 48.4 Å². The van der Waals surface area contributed by atoms with Crippen LogP contribution in [0.5, 0.6) is 11.5 Å². The fourth-order valence-corrected chi connectivity index (χ4v) is 2.35. The molecule has 0 radical (unpaired) electrons. The van der Waals surface area contributed by atoms with Crippen molar-refractivity contribution in [3.05, 3.63) is 59.7 Å². The molecule has 0 heterocycles. The maximum absolute atomic E-state index is 12.1. The fourth-order valence-electron chi connectivity index (χ4n) is 2.35. The highest BCUT2D eigenvalue weighted by atomic mass is 16.5. The molecule has 144 valence electrons. The van der Waals surface area contributed by atoms with Crippen molar-refractivity contribution in [1.29, 1.82) is 0 Å². The zero-order valence-electron chi connectivity index (χ0n) is 15.8. The summed E-state index contributed by atoms with van der Waals surface area (Å²) in [5.41, 5.74) is 1.41. The summed E-state index contributed by atoms with van der Waals surface area (Å²) in [6.07, 6.45) is 2.06. The van der Waals surface area contributed by atoms with Gasteiger partial charge in [0.25, 0.3) is 5.91 Å². The molecule has 0 aromatic heterocycles. The number of rotatable bonds is 10. The molecule has 0 unspecified atom stereocenters. The molecule has 0 aliphatic rings. The molecule has 2 aromatic rings. The van der Waals surface area contributed by atoms with Crippen LogP contribution in [-0.4, -0.2) is 32.1 Å². The van der Waals surface area contributed by atoms with E-state index in [1.165, 1.54) is 0 Å². The fraction of sp³-hybridized carbons (Fsp3) is 0.333. The summed E-state index contributed by atoms with van der Waals surface area (Å²) in [6.45, 7) is 3.05. The van der Waals surface area contributed by atoms with Gasteiger partial charge < -0.3 is 20.1 Å². The Balaban J connectivity index is 1.74. The Kier molecular flexibility index (Phi) is 8.16.